The van der Waals surface area contributed by atoms with E-state index in [0.29, 0.717) is 11.6 Å². The van der Waals surface area contributed by atoms with Gasteiger partial charge in [-0.15, -0.1) is 0 Å². The molecule has 1 fully saturated rings. The zero-order valence-electron chi connectivity index (χ0n) is 17.1. The number of carbonyl (C=O) groups is 1. The lowest BCUT2D eigenvalue weighted by Crippen LogP contribution is -2.49. The average Bonchev–Trinajstić information content (AvgIpc) is 2.67. The maximum absolute atomic E-state index is 12.5. The van der Waals surface area contributed by atoms with Crippen LogP contribution >= 0.6 is 0 Å². The Bertz CT molecular complexity index is 808. The highest BCUT2D eigenvalue weighted by Crippen LogP contribution is 2.29. The normalized spacial score (nSPS) is 15.3. The Labute approximate surface area is 162 Å². The van der Waals surface area contributed by atoms with Crippen molar-refractivity contribution in [1.29, 1.82) is 0 Å². The average molecular weight is 367 g/mol. The molecule has 5 nitrogen and oxygen atoms in total. The van der Waals surface area contributed by atoms with E-state index in [1.165, 1.54) is 0 Å². The maximum atomic E-state index is 12.5. The fourth-order valence-corrected chi connectivity index (χ4v) is 3.61. The molecule has 1 aliphatic rings. The number of aryl methyl sites for hydroxylation is 1. The molecule has 1 aliphatic heterocycles. The van der Waals surface area contributed by atoms with Gasteiger partial charge in [-0.1, -0.05) is 18.2 Å². The van der Waals surface area contributed by atoms with E-state index in [9.17, 15) is 4.79 Å². The van der Waals surface area contributed by atoms with Gasteiger partial charge in [-0.25, -0.2) is 4.98 Å². The minimum absolute atomic E-state index is 0.0129. The van der Waals surface area contributed by atoms with Crippen molar-refractivity contribution in [2.24, 2.45) is 0 Å². The third-order valence-electron chi connectivity index (χ3n) is 5.32. The van der Waals surface area contributed by atoms with E-state index in [1.807, 2.05) is 30.5 Å². The number of benzene rings is 1. The van der Waals surface area contributed by atoms with Crippen molar-refractivity contribution in [2.45, 2.75) is 26.8 Å². The summed E-state index contributed by atoms with van der Waals surface area (Å²) in [6, 6.07) is 10.5. The molecule has 1 amide bonds. The molecule has 5 heteroatoms. The van der Waals surface area contributed by atoms with Gasteiger partial charge in [0.15, 0.2) is 0 Å². The van der Waals surface area contributed by atoms with Gasteiger partial charge >= 0.3 is 0 Å². The number of rotatable bonds is 4. The Balaban J connectivity index is 1.86. The number of hydrogen-bond acceptors (Lipinski definition) is 4. The van der Waals surface area contributed by atoms with Crippen LogP contribution in [0.15, 0.2) is 36.5 Å². The molecule has 3 rings (SSSR count). The number of anilines is 1. The Kier molecular flexibility index (Phi) is 5.80. The number of pyridine rings is 1. The first-order chi connectivity index (χ1) is 12.9. The highest BCUT2D eigenvalue weighted by atomic mass is 16.2. The van der Waals surface area contributed by atoms with Gasteiger partial charge < -0.3 is 9.80 Å². The van der Waals surface area contributed by atoms with E-state index < -0.39 is 0 Å². The number of hydrogen-bond donors (Lipinski definition) is 0. The summed E-state index contributed by atoms with van der Waals surface area (Å²) in [4.78, 5) is 23.7. The Morgan fingerprint density at radius 3 is 2.33 bits per heavy atom. The summed E-state index contributed by atoms with van der Waals surface area (Å²) in [5.41, 5.74) is 3.82. The second-order valence-electron chi connectivity index (χ2n) is 7.72. The van der Waals surface area contributed by atoms with Crippen LogP contribution in [-0.2, 0) is 0 Å². The molecule has 0 atom stereocenters. The highest BCUT2D eigenvalue weighted by molar-refractivity contribution is 6.00. The smallest absolute Gasteiger partial charge is 0.253 e. The Morgan fingerprint density at radius 2 is 1.74 bits per heavy atom. The lowest BCUT2D eigenvalue weighted by Gasteiger charge is -2.37. The molecule has 0 aliphatic carbocycles. The zero-order chi connectivity index (χ0) is 19.6. The molecule has 27 heavy (non-hydrogen) atoms. The van der Waals surface area contributed by atoms with Gasteiger partial charge in [0.1, 0.15) is 5.82 Å². The summed E-state index contributed by atoms with van der Waals surface area (Å²) in [6.45, 7) is 10.7. The quantitative estimate of drug-likeness (QED) is 0.832. The van der Waals surface area contributed by atoms with E-state index in [1.54, 1.807) is 19.0 Å². The van der Waals surface area contributed by atoms with E-state index in [0.717, 1.165) is 48.7 Å². The Hall–Kier alpha value is -2.40. The minimum atomic E-state index is 0.0129. The predicted octanol–water partition coefficient (Wildman–Crippen LogP) is 3.29. The van der Waals surface area contributed by atoms with Gasteiger partial charge in [0.2, 0.25) is 0 Å². The van der Waals surface area contributed by atoms with Gasteiger partial charge in [0, 0.05) is 63.6 Å². The standard InChI is InChI=1S/C22H30N4O/c1-16(2)25-10-12-26(13-11-25)21-14-17(3)20(15-23-21)18-8-6-7-9-19(18)22(27)24(4)5/h6-9,14-16H,10-13H2,1-5H3. The summed E-state index contributed by atoms with van der Waals surface area (Å²) < 4.78 is 0. The van der Waals surface area contributed by atoms with Crippen LogP contribution in [0, 0.1) is 6.92 Å². The molecule has 0 saturated carbocycles. The van der Waals surface area contributed by atoms with E-state index in [-0.39, 0.29) is 5.91 Å². The van der Waals surface area contributed by atoms with Crippen LogP contribution < -0.4 is 4.90 Å². The van der Waals surface area contributed by atoms with E-state index in [2.05, 4.69) is 36.6 Å². The van der Waals surface area contributed by atoms with Gasteiger partial charge in [-0.2, -0.15) is 0 Å². The highest BCUT2D eigenvalue weighted by Gasteiger charge is 2.21. The first-order valence-corrected chi connectivity index (χ1v) is 9.65. The van der Waals surface area contributed by atoms with Crippen LogP contribution in [0.4, 0.5) is 5.82 Å². The third kappa shape index (κ3) is 4.14. The predicted molar refractivity (Wildman–Crippen MR) is 111 cm³/mol. The molecular formula is C22H30N4O. The van der Waals surface area contributed by atoms with Gasteiger partial charge in [-0.05, 0) is 44.0 Å². The van der Waals surface area contributed by atoms with Crippen molar-refractivity contribution in [1.82, 2.24) is 14.8 Å². The molecule has 0 spiro atoms. The number of carbonyl (C=O) groups excluding carboxylic acids is 1. The van der Waals surface area contributed by atoms with E-state index >= 15 is 0 Å². The molecule has 1 saturated heterocycles. The van der Waals surface area contributed by atoms with Crippen molar-refractivity contribution in [3.63, 3.8) is 0 Å². The van der Waals surface area contributed by atoms with Gasteiger partial charge in [0.25, 0.3) is 5.91 Å². The van der Waals surface area contributed by atoms with Crippen LogP contribution in [-0.4, -0.2) is 67.0 Å². The van der Waals surface area contributed by atoms with Crippen LogP contribution in [0.5, 0.6) is 0 Å². The van der Waals surface area contributed by atoms with Crippen molar-refractivity contribution >= 4 is 11.7 Å². The largest absolute Gasteiger partial charge is 0.354 e. The fourth-order valence-electron chi connectivity index (χ4n) is 3.61. The van der Waals surface area contributed by atoms with Crippen LogP contribution in [0.25, 0.3) is 11.1 Å². The topological polar surface area (TPSA) is 39.7 Å². The lowest BCUT2D eigenvalue weighted by atomic mass is 9.97. The summed E-state index contributed by atoms with van der Waals surface area (Å²) in [5.74, 6) is 1.04. The second-order valence-corrected chi connectivity index (χ2v) is 7.72. The lowest BCUT2D eigenvalue weighted by molar-refractivity contribution is 0.0828. The van der Waals surface area contributed by atoms with Gasteiger partial charge in [0.05, 0.1) is 0 Å². The number of piperazine rings is 1. The molecule has 1 aromatic heterocycles. The van der Waals surface area contributed by atoms with Crippen molar-refractivity contribution in [3.05, 3.63) is 47.7 Å². The van der Waals surface area contributed by atoms with Crippen molar-refractivity contribution in [3.8, 4) is 11.1 Å². The minimum Gasteiger partial charge on any atom is -0.354 e. The molecule has 0 radical (unpaired) electrons. The number of aromatic nitrogens is 1. The monoisotopic (exact) mass is 366 g/mol. The summed E-state index contributed by atoms with van der Waals surface area (Å²) in [6.07, 6.45) is 1.92. The summed E-state index contributed by atoms with van der Waals surface area (Å²) in [5, 5.41) is 0. The molecule has 2 aromatic rings. The third-order valence-corrected chi connectivity index (χ3v) is 5.32. The second kappa shape index (κ2) is 8.09. The molecule has 144 valence electrons. The first-order valence-electron chi connectivity index (χ1n) is 9.65. The molecule has 0 bridgehead atoms. The molecule has 1 aromatic carbocycles. The van der Waals surface area contributed by atoms with Gasteiger partial charge in [-0.3, -0.25) is 9.69 Å². The molecule has 0 N–H and O–H groups in total. The summed E-state index contributed by atoms with van der Waals surface area (Å²) >= 11 is 0. The maximum Gasteiger partial charge on any atom is 0.253 e. The molecule has 0 unspecified atom stereocenters. The number of amides is 1. The van der Waals surface area contributed by atoms with Crippen LogP contribution in [0.3, 0.4) is 0 Å². The fraction of sp³-hybridized carbons (Fsp3) is 0.455. The van der Waals surface area contributed by atoms with Crippen LogP contribution in [0.2, 0.25) is 0 Å². The molecule has 2 heterocycles. The van der Waals surface area contributed by atoms with Crippen molar-refractivity contribution in [2.75, 3.05) is 45.2 Å². The van der Waals surface area contributed by atoms with Crippen molar-refractivity contribution < 1.29 is 4.79 Å². The molecular weight excluding hydrogens is 336 g/mol. The van der Waals surface area contributed by atoms with Crippen LogP contribution in [0.1, 0.15) is 29.8 Å². The number of nitrogens with zero attached hydrogens (tertiary/aromatic N) is 4. The zero-order valence-corrected chi connectivity index (χ0v) is 17.1. The Morgan fingerprint density at radius 1 is 1.07 bits per heavy atom. The summed E-state index contributed by atoms with van der Waals surface area (Å²) in [7, 11) is 3.56. The SMILES string of the molecule is Cc1cc(N2CCN(C(C)C)CC2)ncc1-c1ccccc1C(=O)N(C)C. The first kappa shape index (κ1) is 19.4. The van der Waals surface area contributed by atoms with E-state index in [4.69, 9.17) is 4.98 Å².